The molecule has 1 amide bonds. The van der Waals surface area contributed by atoms with Crippen molar-refractivity contribution in [1.29, 1.82) is 0 Å². The van der Waals surface area contributed by atoms with Gasteiger partial charge in [-0.3, -0.25) is 4.79 Å². The summed E-state index contributed by atoms with van der Waals surface area (Å²) in [6.45, 7) is 3.82. The van der Waals surface area contributed by atoms with Gasteiger partial charge in [-0.25, -0.2) is 4.68 Å². The normalized spacial score (nSPS) is 10.5. The highest BCUT2D eigenvalue weighted by Crippen LogP contribution is 2.22. The van der Waals surface area contributed by atoms with Gasteiger partial charge in [-0.15, -0.1) is 0 Å². The molecule has 6 heteroatoms. The molecule has 0 aliphatic carbocycles. The smallest absolute Gasteiger partial charge is 0.262 e. The molecule has 0 fully saturated rings. The minimum Gasteiger partial charge on any atom is -0.484 e. The highest BCUT2D eigenvalue weighted by atomic mass is 35.5. The third-order valence-electron chi connectivity index (χ3n) is 3.60. The number of aryl methyl sites for hydroxylation is 2. The Morgan fingerprint density at radius 3 is 2.56 bits per heavy atom. The highest BCUT2D eigenvalue weighted by Gasteiger charge is 2.11. The van der Waals surface area contributed by atoms with E-state index < -0.39 is 0 Å². The van der Waals surface area contributed by atoms with E-state index in [1.807, 2.05) is 48.9 Å². The average Bonchev–Trinajstić information content (AvgIpc) is 2.93. The average molecular weight is 356 g/mol. The molecule has 0 atom stereocenters. The number of para-hydroxylation sites is 2. The molecule has 1 aromatic heterocycles. The first kappa shape index (κ1) is 17.0. The number of halogens is 1. The van der Waals surface area contributed by atoms with Crippen molar-refractivity contribution in [1.82, 2.24) is 9.78 Å². The van der Waals surface area contributed by atoms with Crippen LogP contribution in [0.25, 0.3) is 5.69 Å². The lowest BCUT2D eigenvalue weighted by molar-refractivity contribution is -0.118. The van der Waals surface area contributed by atoms with Gasteiger partial charge in [-0.05, 0) is 56.3 Å². The van der Waals surface area contributed by atoms with Crippen molar-refractivity contribution in [3.8, 4) is 11.4 Å². The van der Waals surface area contributed by atoms with Crippen LogP contribution in [0.3, 0.4) is 0 Å². The summed E-state index contributed by atoms with van der Waals surface area (Å²) in [5.41, 5.74) is 3.41. The van der Waals surface area contributed by atoms with Gasteiger partial charge in [0.15, 0.2) is 6.61 Å². The van der Waals surface area contributed by atoms with Crippen LogP contribution in [0.2, 0.25) is 5.02 Å². The molecule has 0 saturated heterocycles. The SMILES string of the molecule is Cc1cc(C)n(-c2ccccc2NC(=O)COc2ccc(Cl)cc2)n1. The summed E-state index contributed by atoms with van der Waals surface area (Å²) in [6.07, 6.45) is 0. The fourth-order valence-corrected chi connectivity index (χ4v) is 2.63. The molecule has 2 aromatic carbocycles. The lowest BCUT2D eigenvalue weighted by Crippen LogP contribution is -2.21. The van der Waals surface area contributed by atoms with Crippen LogP contribution in [0.15, 0.2) is 54.6 Å². The van der Waals surface area contributed by atoms with E-state index in [-0.39, 0.29) is 12.5 Å². The quantitative estimate of drug-likeness (QED) is 0.747. The molecule has 128 valence electrons. The molecule has 0 aliphatic rings. The molecule has 3 rings (SSSR count). The molecule has 1 N–H and O–H groups in total. The Balaban J connectivity index is 1.71. The summed E-state index contributed by atoms with van der Waals surface area (Å²) in [6, 6.07) is 16.4. The zero-order valence-electron chi connectivity index (χ0n) is 14.0. The van der Waals surface area contributed by atoms with E-state index in [1.54, 1.807) is 24.3 Å². The number of anilines is 1. The Kier molecular flexibility index (Phi) is 5.05. The topological polar surface area (TPSA) is 56.2 Å². The van der Waals surface area contributed by atoms with Crippen LogP contribution in [0.1, 0.15) is 11.4 Å². The molecule has 0 bridgehead atoms. The van der Waals surface area contributed by atoms with Crippen molar-refractivity contribution in [3.63, 3.8) is 0 Å². The maximum absolute atomic E-state index is 12.2. The molecule has 0 radical (unpaired) electrons. The van der Waals surface area contributed by atoms with Gasteiger partial charge in [0.2, 0.25) is 0 Å². The second-order valence-corrected chi connectivity index (χ2v) is 6.08. The maximum Gasteiger partial charge on any atom is 0.262 e. The zero-order valence-corrected chi connectivity index (χ0v) is 14.7. The largest absolute Gasteiger partial charge is 0.484 e. The van der Waals surface area contributed by atoms with Gasteiger partial charge in [0.25, 0.3) is 5.91 Å². The Morgan fingerprint density at radius 1 is 1.16 bits per heavy atom. The van der Waals surface area contributed by atoms with Crippen LogP contribution < -0.4 is 10.1 Å². The van der Waals surface area contributed by atoms with Crippen molar-refractivity contribution < 1.29 is 9.53 Å². The number of rotatable bonds is 5. The zero-order chi connectivity index (χ0) is 17.8. The second kappa shape index (κ2) is 7.40. The summed E-state index contributed by atoms with van der Waals surface area (Å²) in [5.74, 6) is 0.343. The number of amides is 1. The molecule has 0 aliphatic heterocycles. The molecule has 0 unspecified atom stereocenters. The fourth-order valence-electron chi connectivity index (χ4n) is 2.50. The van der Waals surface area contributed by atoms with Gasteiger partial charge in [0, 0.05) is 10.7 Å². The third kappa shape index (κ3) is 4.19. The maximum atomic E-state index is 12.2. The molecule has 0 spiro atoms. The summed E-state index contributed by atoms with van der Waals surface area (Å²) in [5, 5.41) is 7.97. The van der Waals surface area contributed by atoms with Crippen LogP contribution in [-0.4, -0.2) is 22.3 Å². The summed E-state index contributed by atoms with van der Waals surface area (Å²) < 4.78 is 7.29. The molecular formula is C19H18ClN3O2. The summed E-state index contributed by atoms with van der Waals surface area (Å²) in [7, 11) is 0. The first-order valence-electron chi connectivity index (χ1n) is 7.84. The van der Waals surface area contributed by atoms with E-state index in [4.69, 9.17) is 16.3 Å². The predicted molar refractivity (Wildman–Crippen MR) is 98.6 cm³/mol. The van der Waals surface area contributed by atoms with Crippen LogP contribution in [0, 0.1) is 13.8 Å². The predicted octanol–water partition coefficient (Wildman–Crippen LogP) is 4.16. The molecule has 3 aromatic rings. The van der Waals surface area contributed by atoms with Gasteiger partial charge in [-0.2, -0.15) is 5.10 Å². The number of hydrogen-bond acceptors (Lipinski definition) is 3. The molecule has 0 saturated carbocycles. The number of nitrogens with one attached hydrogen (secondary N) is 1. The van der Waals surface area contributed by atoms with E-state index in [0.717, 1.165) is 17.1 Å². The Bertz CT molecular complexity index is 888. The van der Waals surface area contributed by atoms with E-state index in [9.17, 15) is 4.79 Å². The van der Waals surface area contributed by atoms with Crippen molar-refractivity contribution in [3.05, 3.63) is 71.0 Å². The summed E-state index contributed by atoms with van der Waals surface area (Å²) >= 11 is 5.83. The number of nitrogens with zero attached hydrogens (tertiary/aromatic N) is 2. The van der Waals surface area contributed by atoms with E-state index >= 15 is 0 Å². The van der Waals surface area contributed by atoms with E-state index in [0.29, 0.717) is 16.5 Å². The first-order valence-corrected chi connectivity index (χ1v) is 8.21. The minimum atomic E-state index is -0.246. The lowest BCUT2D eigenvalue weighted by atomic mass is 10.2. The number of carbonyl (C=O) groups is 1. The Hall–Kier alpha value is -2.79. The van der Waals surface area contributed by atoms with Crippen LogP contribution in [-0.2, 0) is 4.79 Å². The lowest BCUT2D eigenvalue weighted by Gasteiger charge is -2.13. The standard InChI is InChI=1S/C19H18ClN3O2/c1-13-11-14(2)23(22-13)18-6-4-3-5-17(18)21-19(24)12-25-16-9-7-15(20)8-10-16/h3-11H,12H2,1-2H3,(H,21,24). The van der Waals surface area contributed by atoms with E-state index in [1.165, 1.54) is 0 Å². The van der Waals surface area contributed by atoms with E-state index in [2.05, 4.69) is 10.4 Å². The second-order valence-electron chi connectivity index (χ2n) is 5.65. The van der Waals surface area contributed by atoms with Crippen LogP contribution in [0.5, 0.6) is 5.75 Å². The number of carbonyl (C=O) groups excluding carboxylic acids is 1. The van der Waals surface area contributed by atoms with Gasteiger partial charge in [0.1, 0.15) is 5.75 Å². The summed E-state index contributed by atoms with van der Waals surface area (Å²) in [4.78, 5) is 12.2. The van der Waals surface area contributed by atoms with Crippen LogP contribution >= 0.6 is 11.6 Å². The van der Waals surface area contributed by atoms with Crippen molar-refractivity contribution in [2.24, 2.45) is 0 Å². The monoisotopic (exact) mass is 355 g/mol. The fraction of sp³-hybridized carbons (Fsp3) is 0.158. The molecular weight excluding hydrogens is 338 g/mol. The number of ether oxygens (including phenoxy) is 1. The van der Waals surface area contributed by atoms with Gasteiger partial charge >= 0.3 is 0 Å². The van der Waals surface area contributed by atoms with Crippen molar-refractivity contribution in [2.75, 3.05) is 11.9 Å². The third-order valence-corrected chi connectivity index (χ3v) is 3.85. The first-order chi connectivity index (χ1) is 12.0. The van der Waals surface area contributed by atoms with Crippen molar-refractivity contribution >= 4 is 23.2 Å². The Labute approximate surface area is 151 Å². The highest BCUT2D eigenvalue weighted by molar-refractivity contribution is 6.30. The Morgan fingerprint density at radius 2 is 1.88 bits per heavy atom. The van der Waals surface area contributed by atoms with Crippen LogP contribution in [0.4, 0.5) is 5.69 Å². The van der Waals surface area contributed by atoms with Gasteiger partial charge in [0.05, 0.1) is 17.1 Å². The number of benzene rings is 2. The van der Waals surface area contributed by atoms with Gasteiger partial charge in [-0.1, -0.05) is 23.7 Å². The molecule has 5 nitrogen and oxygen atoms in total. The minimum absolute atomic E-state index is 0.0902. The van der Waals surface area contributed by atoms with Gasteiger partial charge < -0.3 is 10.1 Å². The number of aromatic nitrogens is 2. The number of hydrogen-bond donors (Lipinski definition) is 1. The molecule has 25 heavy (non-hydrogen) atoms. The van der Waals surface area contributed by atoms with Crippen molar-refractivity contribution in [2.45, 2.75) is 13.8 Å². The molecule has 1 heterocycles.